The SMILES string of the molecule is CC(C)C(C)N(C)Cc1ccc(CNC2CC2)cc1. The van der Waals surface area contributed by atoms with E-state index in [2.05, 4.69) is 62.3 Å². The lowest BCUT2D eigenvalue weighted by Gasteiger charge is -2.27. The molecule has 1 aromatic rings. The number of nitrogens with one attached hydrogen (secondary N) is 1. The van der Waals surface area contributed by atoms with Crippen LogP contribution in [0.3, 0.4) is 0 Å². The molecule has 1 N–H and O–H groups in total. The van der Waals surface area contributed by atoms with Crippen LogP contribution in [0, 0.1) is 5.92 Å². The highest BCUT2D eigenvalue weighted by molar-refractivity contribution is 5.22. The molecule has 1 aliphatic rings. The highest BCUT2D eigenvalue weighted by atomic mass is 15.1. The van der Waals surface area contributed by atoms with E-state index < -0.39 is 0 Å². The molecule has 1 unspecified atom stereocenters. The Balaban J connectivity index is 1.83. The van der Waals surface area contributed by atoms with E-state index in [1.807, 2.05) is 0 Å². The molecule has 2 rings (SSSR count). The van der Waals surface area contributed by atoms with Crippen LogP contribution in [0.15, 0.2) is 24.3 Å². The highest BCUT2D eigenvalue weighted by Gasteiger charge is 2.19. The third-order valence-electron chi connectivity index (χ3n) is 4.29. The highest BCUT2D eigenvalue weighted by Crippen LogP contribution is 2.19. The summed E-state index contributed by atoms with van der Waals surface area (Å²) in [6, 6.07) is 10.5. The van der Waals surface area contributed by atoms with Gasteiger partial charge in [-0.1, -0.05) is 38.1 Å². The molecular formula is C17H28N2. The van der Waals surface area contributed by atoms with Crippen LogP contribution in [-0.2, 0) is 13.1 Å². The monoisotopic (exact) mass is 260 g/mol. The van der Waals surface area contributed by atoms with Gasteiger partial charge in [-0.15, -0.1) is 0 Å². The van der Waals surface area contributed by atoms with E-state index in [4.69, 9.17) is 0 Å². The molecule has 0 amide bonds. The first-order chi connectivity index (χ1) is 9.06. The second-order valence-corrected chi connectivity index (χ2v) is 6.37. The lowest BCUT2D eigenvalue weighted by Crippen LogP contribution is -2.32. The molecule has 0 spiro atoms. The van der Waals surface area contributed by atoms with E-state index in [1.54, 1.807) is 0 Å². The van der Waals surface area contributed by atoms with Crippen molar-refractivity contribution in [3.63, 3.8) is 0 Å². The van der Waals surface area contributed by atoms with Crippen molar-refractivity contribution in [2.45, 2.75) is 58.8 Å². The van der Waals surface area contributed by atoms with Crippen molar-refractivity contribution in [3.05, 3.63) is 35.4 Å². The largest absolute Gasteiger partial charge is 0.310 e. The first-order valence-electron chi connectivity index (χ1n) is 7.57. The zero-order valence-corrected chi connectivity index (χ0v) is 12.8. The van der Waals surface area contributed by atoms with Crippen LogP contribution in [0.1, 0.15) is 44.7 Å². The van der Waals surface area contributed by atoms with Crippen LogP contribution in [0.25, 0.3) is 0 Å². The number of nitrogens with zero attached hydrogens (tertiary/aromatic N) is 1. The van der Waals surface area contributed by atoms with Gasteiger partial charge in [0, 0.05) is 25.2 Å². The number of benzene rings is 1. The maximum atomic E-state index is 3.56. The number of rotatable bonds is 7. The van der Waals surface area contributed by atoms with Crippen molar-refractivity contribution in [2.75, 3.05) is 7.05 Å². The first kappa shape index (κ1) is 14.5. The summed E-state index contributed by atoms with van der Waals surface area (Å²) in [6.45, 7) is 8.93. The Morgan fingerprint density at radius 2 is 1.68 bits per heavy atom. The van der Waals surface area contributed by atoms with Crippen molar-refractivity contribution in [1.82, 2.24) is 10.2 Å². The van der Waals surface area contributed by atoms with Gasteiger partial charge < -0.3 is 5.32 Å². The molecule has 0 bridgehead atoms. The zero-order chi connectivity index (χ0) is 13.8. The van der Waals surface area contributed by atoms with Crippen LogP contribution in [0.2, 0.25) is 0 Å². The van der Waals surface area contributed by atoms with Gasteiger partial charge in [-0.2, -0.15) is 0 Å². The summed E-state index contributed by atoms with van der Waals surface area (Å²) in [5.74, 6) is 0.701. The number of hydrogen-bond acceptors (Lipinski definition) is 2. The third kappa shape index (κ3) is 4.63. The second-order valence-electron chi connectivity index (χ2n) is 6.37. The van der Waals surface area contributed by atoms with Crippen LogP contribution in [0.4, 0.5) is 0 Å². The minimum Gasteiger partial charge on any atom is -0.310 e. The van der Waals surface area contributed by atoms with Gasteiger partial charge in [-0.05, 0) is 43.9 Å². The van der Waals surface area contributed by atoms with Crippen LogP contribution in [-0.4, -0.2) is 24.0 Å². The lowest BCUT2D eigenvalue weighted by molar-refractivity contribution is 0.200. The van der Waals surface area contributed by atoms with Gasteiger partial charge in [-0.3, -0.25) is 4.90 Å². The predicted molar refractivity (Wildman–Crippen MR) is 82.1 cm³/mol. The Bertz CT molecular complexity index is 379. The molecule has 0 radical (unpaired) electrons. The van der Waals surface area contributed by atoms with Gasteiger partial charge in [0.2, 0.25) is 0 Å². The second kappa shape index (κ2) is 6.53. The standard InChI is InChI=1S/C17H28N2/c1-13(2)14(3)19(4)12-16-7-5-15(6-8-16)11-18-17-9-10-17/h5-8,13-14,17-18H,9-12H2,1-4H3. The lowest BCUT2D eigenvalue weighted by atomic mass is 10.0. The summed E-state index contributed by atoms with van der Waals surface area (Å²) in [6.07, 6.45) is 2.71. The fourth-order valence-electron chi connectivity index (χ4n) is 2.25. The van der Waals surface area contributed by atoms with Gasteiger partial charge in [0.15, 0.2) is 0 Å². The van der Waals surface area contributed by atoms with Crippen molar-refractivity contribution >= 4 is 0 Å². The molecule has 1 atom stereocenters. The Labute approximate surface area is 118 Å². The quantitative estimate of drug-likeness (QED) is 0.808. The van der Waals surface area contributed by atoms with Gasteiger partial charge in [0.25, 0.3) is 0 Å². The summed E-state index contributed by atoms with van der Waals surface area (Å²) in [5.41, 5.74) is 2.81. The van der Waals surface area contributed by atoms with Crippen LogP contribution in [0.5, 0.6) is 0 Å². The molecule has 0 aliphatic heterocycles. The number of hydrogen-bond donors (Lipinski definition) is 1. The molecule has 106 valence electrons. The fourth-order valence-corrected chi connectivity index (χ4v) is 2.25. The minimum absolute atomic E-state index is 0.621. The molecule has 1 fully saturated rings. The summed E-state index contributed by atoms with van der Waals surface area (Å²) < 4.78 is 0. The summed E-state index contributed by atoms with van der Waals surface area (Å²) in [5, 5.41) is 3.56. The Kier molecular flexibility index (Phi) is 5.00. The van der Waals surface area contributed by atoms with E-state index in [9.17, 15) is 0 Å². The molecule has 0 heterocycles. The van der Waals surface area contributed by atoms with Gasteiger partial charge >= 0.3 is 0 Å². The fraction of sp³-hybridized carbons (Fsp3) is 0.647. The van der Waals surface area contributed by atoms with Crippen molar-refractivity contribution in [3.8, 4) is 0 Å². The topological polar surface area (TPSA) is 15.3 Å². The molecule has 2 heteroatoms. The maximum Gasteiger partial charge on any atom is 0.0233 e. The zero-order valence-electron chi connectivity index (χ0n) is 12.8. The minimum atomic E-state index is 0.621. The molecule has 1 saturated carbocycles. The van der Waals surface area contributed by atoms with E-state index in [-0.39, 0.29) is 0 Å². The van der Waals surface area contributed by atoms with Gasteiger partial charge in [0.1, 0.15) is 0 Å². The van der Waals surface area contributed by atoms with Crippen LogP contribution < -0.4 is 5.32 Å². The summed E-state index contributed by atoms with van der Waals surface area (Å²) >= 11 is 0. The molecule has 19 heavy (non-hydrogen) atoms. The molecular weight excluding hydrogens is 232 g/mol. The summed E-state index contributed by atoms with van der Waals surface area (Å²) in [7, 11) is 2.22. The molecule has 0 aromatic heterocycles. The normalized spacial score (nSPS) is 17.2. The molecule has 2 nitrogen and oxygen atoms in total. The first-order valence-corrected chi connectivity index (χ1v) is 7.57. The average Bonchev–Trinajstić information content (AvgIpc) is 3.21. The molecule has 1 aliphatic carbocycles. The molecule has 0 saturated heterocycles. The predicted octanol–water partition coefficient (Wildman–Crippen LogP) is 3.41. The van der Waals surface area contributed by atoms with Crippen molar-refractivity contribution in [1.29, 1.82) is 0 Å². The van der Waals surface area contributed by atoms with Gasteiger partial charge in [-0.25, -0.2) is 0 Å². The smallest absolute Gasteiger partial charge is 0.0233 e. The Hall–Kier alpha value is -0.860. The van der Waals surface area contributed by atoms with Gasteiger partial charge in [0.05, 0.1) is 0 Å². The van der Waals surface area contributed by atoms with E-state index in [0.717, 1.165) is 19.1 Å². The van der Waals surface area contributed by atoms with E-state index in [1.165, 1.54) is 24.0 Å². The van der Waals surface area contributed by atoms with Crippen molar-refractivity contribution < 1.29 is 0 Å². The van der Waals surface area contributed by atoms with E-state index in [0.29, 0.717) is 12.0 Å². The molecule has 1 aromatic carbocycles. The van der Waals surface area contributed by atoms with Crippen molar-refractivity contribution in [2.24, 2.45) is 5.92 Å². The Morgan fingerprint density at radius 3 is 2.21 bits per heavy atom. The summed E-state index contributed by atoms with van der Waals surface area (Å²) in [4.78, 5) is 2.43. The average molecular weight is 260 g/mol. The maximum absolute atomic E-state index is 3.56. The van der Waals surface area contributed by atoms with E-state index >= 15 is 0 Å². The Morgan fingerprint density at radius 1 is 1.11 bits per heavy atom. The van der Waals surface area contributed by atoms with Crippen LogP contribution >= 0.6 is 0 Å². The third-order valence-corrected chi connectivity index (χ3v) is 4.29.